The number of rotatable bonds is 5. The first-order chi connectivity index (χ1) is 8.08. The van der Waals surface area contributed by atoms with Crippen LogP contribution in [0, 0.1) is 17.6 Å². The topological polar surface area (TPSA) is 49.3 Å². The number of amides is 1. The molecule has 1 amide bonds. The van der Waals surface area contributed by atoms with Crippen molar-refractivity contribution < 1.29 is 18.7 Å². The highest BCUT2D eigenvalue weighted by Gasteiger charge is 2.14. The predicted octanol–water partition coefficient (Wildman–Crippen LogP) is 1.60. The van der Waals surface area contributed by atoms with Crippen LogP contribution in [0.25, 0.3) is 0 Å². The highest BCUT2D eigenvalue weighted by atomic mass is 19.2. The zero-order valence-corrected chi connectivity index (χ0v) is 9.54. The zero-order valence-electron chi connectivity index (χ0n) is 9.54. The van der Waals surface area contributed by atoms with Gasteiger partial charge in [0.25, 0.3) is 0 Å². The van der Waals surface area contributed by atoms with Crippen molar-refractivity contribution in [3.63, 3.8) is 0 Å². The number of hydrogen-bond acceptors (Lipinski definition) is 2. The second kappa shape index (κ2) is 6.30. The number of halogens is 2. The fourth-order valence-corrected chi connectivity index (χ4v) is 1.38. The van der Waals surface area contributed by atoms with Gasteiger partial charge in [-0.2, -0.15) is 0 Å². The largest absolute Gasteiger partial charge is 0.396 e. The van der Waals surface area contributed by atoms with Gasteiger partial charge in [0.1, 0.15) is 0 Å². The third-order valence-electron chi connectivity index (χ3n) is 2.53. The van der Waals surface area contributed by atoms with E-state index in [9.17, 15) is 13.6 Å². The van der Waals surface area contributed by atoms with Crippen LogP contribution >= 0.6 is 0 Å². The molecule has 1 rings (SSSR count). The summed E-state index contributed by atoms with van der Waals surface area (Å²) in [5.41, 5.74) is 0.477. The molecule has 1 aromatic rings. The molecule has 94 valence electrons. The van der Waals surface area contributed by atoms with Crippen LogP contribution in [0.1, 0.15) is 18.9 Å². The Morgan fingerprint density at radius 1 is 1.41 bits per heavy atom. The second-order valence-electron chi connectivity index (χ2n) is 3.75. The summed E-state index contributed by atoms with van der Waals surface area (Å²) in [5.74, 6) is -2.60. The number of aliphatic hydroxyl groups excluding tert-OH is 1. The molecule has 0 bridgehead atoms. The molecule has 0 aliphatic carbocycles. The molecule has 0 aliphatic heterocycles. The maximum Gasteiger partial charge on any atom is 0.225 e. The Hall–Kier alpha value is -1.49. The van der Waals surface area contributed by atoms with Gasteiger partial charge < -0.3 is 10.4 Å². The molecule has 0 aliphatic rings. The minimum Gasteiger partial charge on any atom is -0.396 e. The van der Waals surface area contributed by atoms with Crippen molar-refractivity contribution in [2.24, 2.45) is 5.92 Å². The summed E-state index contributed by atoms with van der Waals surface area (Å²) in [6.45, 7) is 1.69. The summed E-state index contributed by atoms with van der Waals surface area (Å²) in [7, 11) is 0. The molecule has 0 saturated heterocycles. The van der Waals surface area contributed by atoms with Crippen molar-refractivity contribution >= 4 is 5.91 Å². The van der Waals surface area contributed by atoms with Crippen LogP contribution in [0.2, 0.25) is 0 Å². The highest BCUT2D eigenvalue weighted by molar-refractivity contribution is 5.78. The van der Waals surface area contributed by atoms with Gasteiger partial charge in [0.15, 0.2) is 11.6 Å². The molecule has 1 atom stereocenters. The van der Waals surface area contributed by atoms with Crippen molar-refractivity contribution in [2.75, 3.05) is 6.61 Å². The summed E-state index contributed by atoms with van der Waals surface area (Å²) in [4.78, 5) is 11.5. The Morgan fingerprint density at radius 3 is 2.65 bits per heavy atom. The first kappa shape index (κ1) is 13.6. The molecule has 3 nitrogen and oxygen atoms in total. The Labute approximate surface area is 98.5 Å². The average molecular weight is 243 g/mol. The lowest BCUT2D eigenvalue weighted by molar-refractivity contribution is -0.126. The summed E-state index contributed by atoms with van der Waals surface area (Å²) in [6, 6.07) is 3.45. The van der Waals surface area contributed by atoms with Gasteiger partial charge >= 0.3 is 0 Å². The zero-order chi connectivity index (χ0) is 12.8. The van der Waals surface area contributed by atoms with E-state index in [-0.39, 0.29) is 19.1 Å². The average Bonchev–Trinajstić information content (AvgIpc) is 2.32. The van der Waals surface area contributed by atoms with E-state index in [0.29, 0.717) is 12.0 Å². The van der Waals surface area contributed by atoms with Crippen LogP contribution in [-0.2, 0) is 11.3 Å². The van der Waals surface area contributed by atoms with Gasteiger partial charge in [-0.05, 0) is 24.1 Å². The molecule has 0 heterocycles. The van der Waals surface area contributed by atoms with E-state index in [1.54, 1.807) is 6.92 Å². The maximum atomic E-state index is 12.9. The van der Waals surface area contributed by atoms with Crippen LogP contribution in [0.4, 0.5) is 8.78 Å². The van der Waals surface area contributed by atoms with Crippen LogP contribution < -0.4 is 5.32 Å². The first-order valence-electron chi connectivity index (χ1n) is 5.41. The number of benzene rings is 1. The Kier molecular flexibility index (Phi) is 5.03. The van der Waals surface area contributed by atoms with Gasteiger partial charge in [0, 0.05) is 6.54 Å². The molecule has 1 unspecified atom stereocenters. The standard InChI is InChI=1S/C12H15F2NO2/c1-2-9(7-16)12(17)15-6-8-3-4-10(13)11(14)5-8/h3-5,9,16H,2,6-7H2,1H3,(H,15,17). The van der Waals surface area contributed by atoms with E-state index in [4.69, 9.17) is 5.11 Å². The van der Waals surface area contributed by atoms with Crippen LogP contribution in [0.5, 0.6) is 0 Å². The van der Waals surface area contributed by atoms with E-state index in [0.717, 1.165) is 12.1 Å². The van der Waals surface area contributed by atoms with Gasteiger partial charge in [-0.3, -0.25) is 4.79 Å². The molecule has 0 fully saturated rings. The molecule has 0 aromatic heterocycles. The summed E-state index contributed by atoms with van der Waals surface area (Å²) < 4.78 is 25.5. The molecule has 17 heavy (non-hydrogen) atoms. The van der Waals surface area contributed by atoms with Gasteiger partial charge in [-0.15, -0.1) is 0 Å². The van der Waals surface area contributed by atoms with E-state index < -0.39 is 17.6 Å². The van der Waals surface area contributed by atoms with Crippen LogP contribution in [0.15, 0.2) is 18.2 Å². The lowest BCUT2D eigenvalue weighted by atomic mass is 10.1. The second-order valence-corrected chi connectivity index (χ2v) is 3.75. The smallest absolute Gasteiger partial charge is 0.225 e. The van der Waals surface area contributed by atoms with E-state index in [2.05, 4.69) is 5.32 Å². The number of nitrogens with one attached hydrogen (secondary N) is 1. The van der Waals surface area contributed by atoms with Crippen LogP contribution in [-0.4, -0.2) is 17.6 Å². The fraction of sp³-hybridized carbons (Fsp3) is 0.417. The highest BCUT2D eigenvalue weighted by Crippen LogP contribution is 2.09. The number of hydrogen-bond donors (Lipinski definition) is 2. The van der Waals surface area contributed by atoms with E-state index in [1.807, 2.05) is 0 Å². The number of carbonyl (C=O) groups is 1. The molecule has 2 N–H and O–H groups in total. The summed E-state index contributed by atoms with van der Waals surface area (Å²) in [5, 5.41) is 11.5. The predicted molar refractivity (Wildman–Crippen MR) is 59.1 cm³/mol. The van der Waals surface area contributed by atoms with Gasteiger partial charge in [0.2, 0.25) is 5.91 Å². The Balaban J connectivity index is 2.55. The molecule has 1 aromatic carbocycles. The normalized spacial score (nSPS) is 12.2. The van der Waals surface area contributed by atoms with E-state index in [1.165, 1.54) is 6.07 Å². The van der Waals surface area contributed by atoms with Crippen molar-refractivity contribution in [3.05, 3.63) is 35.4 Å². The fourth-order valence-electron chi connectivity index (χ4n) is 1.38. The van der Waals surface area contributed by atoms with Gasteiger partial charge in [-0.1, -0.05) is 13.0 Å². The van der Waals surface area contributed by atoms with Crippen molar-refractivity contribution in [3.8, 4) is 0 Å². The van der Waals surface area contributed by atoms with Crippen molar-refractivity contribution in [1.82, 2.24) is 5.32 Å². The molecule has 0 spiro atoms. The third-order valence-corrected chi connectivity index (χ3v) is 2.53. The van der Waals surface area contributed by atoms with Gasteiger partial charge in [-0.25, -0.2) is 8.78 Å². The molecule has 5 heteroatoms. The molecular formula is C12H15F2NO2. The van der Waals surface area contributed by atoms with E-state index >= 15 is 0 Å². The van der Waals surface area contributed by atoms with Crippen molar-refractivity contribution in [2.45, 2.75) is 19.9 Å². The van der Waals surface area contributed by atoms with Gasteiger partial charge in [0.05, 0.1) is 12.5 Å². The quantitative estimate of drug-likeness (QED) is 0.825. The number of aliphatic hydroxyl groups is 1. The lowest BCUT2D eigenvalue weighted by Gasteiger charge is -2.12. The minimum absolute atomic E-state index is 0.118. The minimum atomic E-state index is -0.939. The Morgan fingerprint density at radius 2 is 2.12 bits per heavy atom. The van der Waals surface area contributed by atoms with Crippen molar-refractivity contribution in [1.29, 1.82) is 0 Å². The summed E-state index contributed by atoms with van der Waals surface area (Å²) in [6.07, 6.45) is 0.528. The Bertz CT molecular complexity index is 392. The lowest BCUT2D eigenvalue weighted by Crippen LogP contribution is -2.31. The molecular weight excluding hydrogens is 228 g/mol. The van der Waals surface area contributed by atoms with Crippen LogP contribution in [0.3, 0.4) is 0 Å². The third kappa shape index (κ3) is 3.78. The monoisotopic (exact) mass is 243 g/mol. The first-order valence-corrected chi connectivity index (χ1v) is 5.41. The molecule has 0 saturated carbocycles. The number of carbonyl (C=O) groups excluding carboxylic acids is 1. The molecule has 0 radical (unpaired) electrons. The SMILES string of the molecule is CCC(CO)C(=O)NCc1ccc(F)c(F)c1. The maximum absolute atomic E-state index is 12.9. The summed E-state index contributed by atoms with van der Waals surface area (Å²) >= 11 is 0.